The van der Waals surface area contributed by atoms with Crippen molar-refractivity contribution >= 4 is 265 Å². The average Bonchev–Trinajstić information content (AvgIpc) is 2.66. The van der Waals surface area contributed by atoms with Crippen molar-refractivity contribution in [3.05, 3.63) is 146 Å². The van der Waals surface area contributed by atoms with Crippen molar-refractivity contribution in [2.24, 2.45) is 0 Å². The summed E-state index contributed by atoms with van der Waals surface area (Å²) < 4.78 is 9.60. The molecule has 0 aromatic heterocycles. The molecular weight excluding hydrogens is 973 g/mol. The van der Waals surface area contributed by atoms with Gasteiger partial charge >= 0.3 is 5.97 Å². The number of carbonyl (C=O) groups is 1. The molecule has 1 atom stereocenters. The Labute approximate surface area is 448 Å². The van der Waals surface area contributed by atoms with E-state index in [1.807, 2.05) is 0 Å². The zero-order valence-electron chi connectivity index (χ0n) is 42.6. The second-order valence-corrected chi connectivity index (χ2v) is 25.1. The van der Waals surface area contributed by atoms with E-state index in [9.17, 15) is 4.79 Å². The van der Waals surface area contributed by atoms with Crippen molar-refractivity contribution in [2.45, 2.75) is 13.0 Å². The van der Waals surface area contributed by atoms with E-state index in [1.165, 1.54) is 259 Å². The molecule has 25 aromatic rings. The minimum Gasteiger partial charge on any atom is -0.459 e. The fourth-order valence-corrected chi connectivity index (χ4v) is 19.1. The number of rotatable bonds is 3. The Morgan fingerprint density at radius 1 is 0.325 bits per heavy atom. The SMILES string of the molecule is C=C(C)C(=O)OCC1CO1.c1cc2cc3cc4cc5ccc6cc7cc8cc9cccc%10cc%11cc%12cc%13ccc%14cc%15cc%16cc(c1)c2c1c3c2c4c3c5c6c4c7c5c8c(c9%10)c%11c6c%12c7c%13c%14c8c%15c(c%161)c2c1c3c4c(c56)c7c81. The Kier molecular flexibility index (Phi) is 5.29. The van der Waals surface area contributed by atoms with E-state index >= 15 is 0 Å². The van der Waals surface area contributed by atoms with Crippen molar-refractivity contribution in [3.8, 4) is 0 Å². The molecule has 1 heterocycles. The van der Waals surface area contributed by atoms with Crippen LogP contribution in [0.25, 0.3) is 259 Å². The molecule has 0 amide bonds. The van der Waals surface area contributed by atoms with Gasteiger partial charge in [0.15, 0.2) is 0 Å². The van der Waals surface area contributed by atoms with Gasteiger partial charge in [-0.25, -0.2) is 4.79 Å². The van der Waals surface area contributed by atoms with Gasteiger partial charge in [-0.1, -0.05) is 67.2 Å². The monoisotopic (exact) mass is 1000 g/mol. The number of hydrogen-bond acceptors (Lipinski definition) is 3. The van der Waals surface area contributed by atoms with E-state index in [1.54, 1.807) is 6.92 Å². The van der Waals surface area contributed by atoms with Crippen LogP contribution in [-0.2, 0) is 14.3 Å². The Balaban J connectivity index is 0.000000382. The van der Waals surface area contributed by atoms with Gasteiger partial charge in [-0.2, -0.15) is 0 Å². The van der Waals surface area contributed by atoms with Crippen molar-refractivity contribution in [3.63, 3.8) is 0 Å². The van der Waals surface area contributed by atoms with Crippen molar-refractivity contribution in [2.75, 3.05) is 13.2 Å². The lowest BCUT2D eigenvalue weighted by molar-refractivity contribution is -0.139. The molecule has 0 bridgehead atoms. The second-order valence-electron chi connectivity index (χ2n) is 25.1. The highest BCUT2D eigenvalue weighted by atomic mass is 16.6. The number of epoxide rings is 1. The second kappa shape index (κ2) is 11.2. The zero-order chi connectivity index (χ0) is 50.8. The van der Waals surface area contributed by atoms with Crippen LogP contribution < -0.4 is 0 Å². The quantitative estimate of drug-likeness (QED) is 0.0582. The number of esters is 1. The fourth-order valence-electron chi connectivity index (χ4n) is 19.1. The predicted molar refractivity (Wildman–Crippen MR) is 341 cm³/mol. The zero-order valence-corrected chi connectivity index (χ0v) is 42.6. The van der Waals surface area contributed by atoms with Gasteiger partial charge in [-0.05, 0) is 338 Å². The van der Waals surface area contributed by atoms with Gasteiger partial charge in [-0.3, -0.25) is 0 Å². The standard InChI is InChI=1S/C70H22.C7H10O3/c1-3-23-11-31-19-35-15-27-7-9-29-17-37-21-33-13-25-5-2-6-26-14-34-22-38-18-30-10-8-28-16-36-20-32-12-24(4-1)39(23)53-45(31)59-49(35)55-41(27)43(29)57-51(37)61-47(33)54(40(25)26)48(34)62-52(38)58-44(30)42(28)56-50(36)60(46(32)53)63(59)69-65(55)67(57)70(64(61)62)68(58)66(56)69;1-5(2)7(8)10-4-6-3-9-6/h1-22H;6H,1,3-4H2,2H3. The maximum absolute atomic E-state index is 10.7. The molecule has 1 saturated heterocycles. The number of hydrogen-bond donors (Lipinski definition) is 0. The molecule has 26 rings (SSSR count). The summed E-state index contributed by atoms with van der Waals surface area (Å²) in [5.41, 5.74) is 0.431. The lowest BCUT2D eigenvalue weighted by Crippen LogP contribution is -2.09. The van der Waals surface area contributed by atoms with Crippen LogP contribution in [-0.4, -0.2) is 25.3 Å². The van der Waals surface area contributed by atoms with Gasteiger partial charge in [0.05, 0.1) is 6.61 Å². The van der Waals surface area contributed by atoms with Crippen molar-refractivity contribution in [1.29, 1.82) is 0 Å². The normalized spacial score (nSPS) is 15.7. The molecule has 1 aliphatic rings. The Hall–Kier alpha value is -9.93. The van der Waals surface area contributed by atoms with Crippen LogP contribution in [0.1, 0.15) is 6.92 Å². The minimum absolute atomic E-state index is 0.142. The number of benzene rings is 25. The molecule has 358 valence electrons. The van der Waals surface area contributed by atoms with Crippen LogP contribution in [0, 0.1) is 0 Å². The lowest BCUT2D eigenvalue weighted by atomic mass is 9.68. The highest BCUT2D eigenvalue weighted by Crippen LogP contribution is 2.68. The van der Waals surface area contributed by atoms with Crippen LogP contribution in [0.4, 0.5) is 0 Å². The van der Waals surface area contributed by atoms with Gasteiger partial charge in [0.1, 0.15) is 12.7 Å². The predicted octanol–water partition coefficient (Wildman–Crippen LogP) is 20.9. The van der Waals surface area contributed by atoms with Crippen LogP contribution in [0.15, 0.2) is 146 Å². The third-order valence-electron chi connectivity index (χ3n) is 21.5. The first-order valence-corrected chi connectivity index (χ1v) is 28.4. The molecular formula is C77H32O3. The Morgan fingerprint density at radius 2 is 0.512 bits per heavy atom. The molecule has 1 fully saturated rings. The molecule has 80 heavy (non-hydrogen) atoms. The van der Waals surface area contributed by atoms with Gasteiger partial charge in [0.25, 0.3) is 0 Å². The van der Waals surface area contributed by atoms with E-state index in [2.05, 4.69) is 140 Å². The summed E-state index contributed by atoms with van der Waals surface area (Å²) in [4.78, 5) is 10.7. The Bertz CT molecular complexity index is 6310. The van der Waals surface area contributed by atoms with E-state index in [4.69, 9.17) is 9.47 Å². The maximum Gasteiger partial charge on any atom is 0.333 e. The summed E-state index contributed by atoms with van der Waals surface area (Å²) in [6.07, 6.45) is 0.142. The third kappa shape index (κ3) is 3.49. The van der Waals surface area contributed by atoms with Crippen LogP contribution >= 0.6 is 0 Å². The van der Waals surface area contributed by atoms with Gasteiger partial charge in [-0.15, -0.1) is 0 Å². The summed E-state index contributed by atoms with van der Waals surface area (Å²) in [7, 11) is 0. The van der Waals surface area contributed by atoms with E-state index < -0.39 is 0 Å². The summed E-state index contributed by atoms with van der Waals surface area (Å²) in [5.74, 6) is -0.337. The van der Waals surface area contributed by atoms with E-state index in [0.717, 1.165) is 0 Å². The largest absolute Gasteiger partial charge is 0.459 e. The van der Waals surface area contributed by atoms with Crippen LogP contribution in [0.2, 0.25) is 0 Å². The fraction of sp³-hybridized carbons (Fsp3) is 0.0519. The van der Waals surface area contributed by atoms with Gasteiger partial charge in [0.2, 0.25) is 0 Å². The molecule has 0 radical (unpaired) electrons. The van der Waals surface area contributed by atoms with Gasteiger partial charge in [0, 0.05) is 5.57 Å². The van der Waals surface area contributed by atoms with Gasteiger partial charge < -0.3 is 9.47 Å². The van der Waals surface area contributed by atoms with Crippen LogP contribution in [0.5, 0.6) is 0 Å². The van der Waals surface area contributed by atoms with E-state index in [-0.39, 0.29) is 12.1 Å². The summed E-state index contributed by atoms with van der Waals surface area (Å²) in [6, 6.07) is 54.7. The molecule has 3 heteroatoms. The van der Waals surface area contributed by atoms with Crippen LogP contribution in [0.3, 0.4) is 0 Å². The minimum atomic E-state index is -0.337. The smallest absolute Gasteiger partial charge is 0.333 e. The molecule has 0 spiro atoms. The highest BCUT2D eigenvalue weighted by molar-refractivity contribution is 6.70. The molecule has 25 aromatic carbocycles. The van der Waals surface area contributed by atoms with Crippen molar-refractivity contribution in [1.82, 2.24) is 0 Å². The first-order valence-electron chi connectivity index (χ1n) is 28.4. The number of carbonyl (C=O) groups excluding carboxylic acids is 1. The molecule has 0 aliphatic carbocycles. The molecule has 0 N–H and O–H groups in total. The number of ether oxygens (including phenoxy) is 2. The first kappa shape index (κ1) is 37.8. The van der Waals surface area contributed by atoms with Crippen molar-refractivity contribution < 1.29 is 14.3 Å². The molecule has 1 unspecified atom stereocenters. The molecule has 1 aliphatic heterocycles. The topological polar surface area (TPSA) is 38.8 Å². The Morgan fingerprint density at radius 3 is 0.738 bits per heavy atom. The summed E-state index contributed by atoms with van der Waals surface area (Å²) in [6.45, 7) is 6.14. The maximum atomic E-state index is 10.7. The van der Waals surface area contributed by atoms with E-state index in [0.29, 0.717) is 18.8 Å². The summed E-state index contributed by atoms with van der Waals surface area (Å²) in [5, 5.41) is 69.3. The average molecular weight is 1010 g/mol. The molecule has 0 saturated carbocycles. The highest BCUT2D eigenvalue weighted by Gasteiger charge is 2.39. The third-order valence-corrected chi connectivity index (χ3v) is 21.5. The lowest BCUT2D eigenvalue weighted by Gasteiger charge is -2.34. The molecule has 3 nitrogen and oxygen atoms in total. The first-order chi connectivity index (χ1) is 39.4. The summed E-state index contributed by atoms with van der Waals surface area (Å²) >= 11 is 0.